The summed E-state index contributed by atoms with van der Waals surface area (Å²) in [7, 11) is 0. The van der Waals surface area contributed by atoms with E-state index >= 15 is 0 Å². The number of ketones is 1. The van der Waals surface area contributed by atoms with Gasteiger partial charge in [0, 0.05) is 15.9 Å². The molecule has 158 valence electrons. The second-order valence-corrected chi connectivity index (χ2v) is 8.51. The van der Waals surface area contributed by atoms with Gasteiger partial charge < -0.3 is 13.9 Å². The second kappa shape index (κ2) is 7.80. The molecule has 0 spiro atoms. The van der Waals surface area contributed by atoms with Crippen molar-refractivity contribution in [1.29, 1.82) is 0 Å². The van der Waals surface area contributed by atoms with E-state index in [1.54, 1.807) is 37.3 Å². The standard InChI is InChI=1S/C26H17BrO5/c1-14-5-3-4-6-16(14)11-22-25(28)24-15(2)9-19(13-21(24)32-22)30-26(29)23-12-17-10-18(27)7-8-20(17)31-23/h3-13H,1-2H3/b22-11-. The lowest BCUT2D eigenvalue weighted by Crippen LogP contribution is -2.07. The van der Waals surface area contributed by atoms with Crippen LogP contribution in [0.5, 0.6) is 11.5 Å². The van der Waals surface area contributed by atoms with Gasteiger partial charge in [-0.25, -0.2) is 4.79 Å². The van der Waals surface area contributed by atoms with Crippen molar-refractivity contribution in [2.24, 2.45) is 0 Å². The molecule has 1 aromatic heterocycles. The summed E-state index contributed by atoms with van der Waals surface area (Å²) < 4.78 is 17.8. The number of allylic oxidation sites excluding steroid dienone is 1. The maximum atomic E-state index is 12.9. The van der Waals surface area contributed by atoms with Crippen molar-refractivity contribution in [3.63, 3.8) is 0 Å². The number of ether oxygens (including phenoxy) is 2. The third-order valence-corrected chi connectivity index (χ3v) is 5.80. The quantitative estimate of drug-likeness (QED) is 0.183. The minimum Gasteiger partial charge on any atom is -0.452 e. The highest BCUT2D eigenvalue weighted by molar-refractivity contribution is 9.10. The van der Waals surface area contributed by atoms with Gasteiger partial charge in [0.25, 0.3) is 0 Å². The summed E-state index contributed by atoms with van der Waals surface area (Å²) in [6.45, 7) is 3.76. The van der Waals surface area contributed by atoms with Gasteiger partial charge >= 0.3 is 5.97 Å². The molecule has 0 radical (unpaired) electrons. The third-order valence-electron chi connectivity index (χ3n) is 5.31. The van der Waals surface area contributed by atoms with Gasteiger partial charge in [-0.2, -0.15) is 0 Å². The number of carbonyl (C=O) groups is 2. The van der Waals surface area contributed by atoms with E-state index in [9.17, 15) is 9.59 Å². The first kappa shape index (κ1) is 20.3. The van der Waals surface area contributed by atoms with Gasteiger partial charge in [0.1, 0.15) is 17.1 Å². The third kappa shape index (κ3) is 3.63. The number of halogens is 1. The van der Waals surface area contributed by atoms with Crippen molar-refractivity contribution in [2.75, 3.05) is 0 Å². The fourth-order valence-electron chi connectivity index (χ4n) is 3.70. The van der Waals surface area contributed by atoms with Crippen molar-refractivity contribution in [3.8, 4) is 11.5 Å². The lowest BCUT2D eigenvalue weighted by Gasteiger charge is -2.06. The van der Waals surface area contributed by atoms with E-state index in [0.29, 0.717) is 22.5 Å². The van der Waals surface area contributed by atoms with Crippen LogP contribution in [0.2, 0.25) is 0 Å². The van der Waals surface area contributed by atoms with Gasteiger partial charge in [-0.1, -0.05) is 40.2 Å². The Morgan fingerprint density at radius 3 is 2.62 bits per heavy atom. The summed E-state index contributed by atoms with van der Waals surface area (Å²) in [4.78, 5) is 25.5. The molecule has 1 aliphatic rings. The zero-order valence-electron chi connectivity index (χ0n) is 17.3. The van der Waals surface area contributed by atoms with E-state index in [1.165, 1.54) is 0 Å². The van der Waals surface area contributed by atoms with Crippen LogP contribution < -0.4 is 9.47 Å². The van der Waals surface area contributed by atoms with Crippen LogP contribution in [-0.2, 0) is 0 Å². The molecule has 0 N–H and O–H groups in total. The van der Waals surface area contributed by atoms with Crippen LogP contribution in [0.4, 0.5) is 0 Å². The van der Waals surface area contributed by atoms with Gasteiger partial charge in [0.15, 0.2) is 5.76 Å². The minimum absolute atomic E-state index is 0.0911. The van der Waals surface area contributed by atoms with Crippen molar-refractivity contribution in [1.82, 2.24) is 0 Å². The van der Waals surface area contributed by atoms with Crippen molar-refractivity contribution < 1.29 is 23.5 Å². The molecule has 0 atom stereocenters. The van der Waals surface area contributed by atoms with Crippen LogP contribution in [0.15, 0.2) is 75.3 Å². The summed E-state index contributed by atoms with van der Waals surface area (Å²) in [5.41, 5.74) is 3.67. The molecule has 2 heterocycles. The minimum atomic E-state index is -0.628. The molecule has 5 nitrogen and oxygen atoms in total. The molecule has 3 aromatic carbocycles. The smallest absolute Gasteiger partial charge is 0.379 e. The van der Waals surface area contributed by atoms with Crippen molar-refractivity contribution in [3.05, 3.63) is 98.9 Å². The number of benzene rings is 3. The summed E-state index contributed by atoms with van der Waals surface area (Å²) in [6.07, 6.45) is 1.73. The molecule has 5 rings (SSSR count). The van der Waals surface area contributed by atoms with Crippen LogP contribution in [0.3, 0.4) is 0 Å². The monoisotopic (exact) mass is 488 g/mol. The average molecular weight is 489 g/mol. The van der Waals surface area contributed by atoms with Gasteiger partial charge in [-0.3, -0.25) is 4.79 Å². The van der Waals surface area contributed by atoms with Gasteiger partial charge in [0.2, 0.25) is 11.5 Å². The van der Waals surface area contributed by atoms with E-state index in [2.05, 4.69) is 15.9 Å². The highest BCUT2D eigenvalue weighted by atomic mass is 79.9. The SMILES string of the molecule is Cc1ccccc1/C=C1\Oc2cc(OC(=O)c3cc4cc(Br)ccc4o3)cc(C)c2C1=O. The molecule has 0 aliphatic carbocycles. The molecule has 0 fully saturated rings. The fourth-order valence-corrected chi connectivity index (χ4v) is 4.08. The number of hydrogen-bond acceptors (Lipinski definition) is 5. The zero-order chi connectivity index (χ0) is 22.4. The normalized spacial score (nSPS) is 14.0. The van der Waals surface area contributed by atoms with Crippen molar-refractivity contribution >= 4 is 44.7 Å². The Morgan fingerprint density at radius 1 is 1.00 bits per heavy atom. The van der Waals surface area contributed by atoms with Crippen LogP contribution in [0.25, 0.3) is 17.0 Å². The second-order valence-electron chi connectivity index (χ2n) is 7.59. The van der Waals surface area contributed by atoms with Crippen LogP contribution in [0.1, 0.15) is 37.6 Å². The van der Waals surface area contributed by atoms with E-state index in [4.69, 9.17) is 13.9 Å². The molecular weight excluding hydrogens is 472 g/mol. The Kier molecular flexibility index (Phi) is 4.94. The fraction of sp³-hybridized carbons (Fsp3) is 0.0769. The summed E-state index contributed by atoms with van der Waals surface area (Å²) in [5, 5.41) is 0.788. The van der Waals surface area contributed by atoms with Gasteiger partial charge in [-0.15, -0.1) is 0 Å². The number of Topliss-reactive ketones (excluding diaryl/α,β-unsaturated/α-hetero) is 1. The van der Waals surface area contributed by atoms with Crippen LogP contribution in [0, 0.1) is 13.8 Å². The number of esters is 1. The lowest BCUT2D eigenvalue weighted by molar-refractivity contribution is 0.0703. The summed E-state index contributed by atoms with van der Waals surface area (Å²) >= 11 is 3.40. The highest BCUT2D eigenvalue weighted by Gasteiger charge is 2.30. The zero-order valence-corrected chi connectivity index (χ0v) is 18.9. The summed E-state index contributed by atoms with van der Waals surface area (Å²) in [5.74, 6) is 0.152. The first-order valence-corrected chi connectivity index (χ1v) is 10.7. The lowest BCUT2D eigenvalue weighted by atomic mass is 10.0. The number of carbonyl (C=O) groups excluding carboxylic acids is 2. The Labute approximate surface area is 192 Å². The predicted octanol–water partition coefficient (Wildman–Crippen LogP) is 6.65. The first-order valence-electron chi connectivity index (χ1n) is 9.95. The molecule has 1 aliphatic heterocycles. The Balaban J connectivity index is 1.42. The molecular formula is C26H17BrO5. The first-order chi connectivity index (χ1) is 15.4. The van der Waals surface area contributed by atoms with Crippen LogP contribution >= 0.6 is 15.9 Å². The van der Waals surface area contributed by atoms with Crippen LogP contribution in [-0.4, -0.2) is 11.8 Å². The number of hydrogen-bond donors (Lipinski definition) is 0. The molecule has 0 saturated carbocycles. The largest absolute Gasteiger partial charge is 0.452 e. The topological polar surface area (TPSA) is 65.7 Å². The molecule has 0 unspecified atom stereocenters. The van der Waals surface area contributed by atoms with E-state index in [1.807, 2.05) is 43.3 Å². The number of furan rings is 1. The maximum absolute atomic E-state index is 12.9. The maximum Gasteiger partial charge on any atom is 0.379 e. The molecule has 0 amide bonds. The number of aryl methyl sites for hydroxylation is 2. The van der Waals surface area contributed by atoms with E-state index in [0.717, 1.165) is 21.0 Å². The predicted molar refractivity (Wildman–Crippen MR) is 124 cm³/mol. The molecule has 6 heteroatoms. The molecule has 32 heavy (non-hydrogen) atoms. The number of fused-ring (bicyclic) bond motifs is 2. The van der Waals surface area contributed by atoms with Gasteiger partial charge in [0.05, 0.1) is 5.56 Å². The molecule has 0 saturated heterocycles. The van der Waals surface area contributed by atoms with E-state index in [-0.39, 0.29) is 23.1 Å². The Bertz CT molecular complexity index is 1440. The Morgan fingerprint density at radius 2 is 1.81 bits per heavy atom. The molecule has 0 bridgehead atoms. The average Bonchev–Trinajstić information content (AvgIpc) is 3.30. The Hall–Kier alpha value is -3.64. The number of rotatable bonds is 3. The van der Waals surface area contributed by atoms with Crippen molar-refractivity contribution in [2.45, 2.75) is 13.8 Å². The molecule has 4 aromatic rings. The van der Waals surface area contributed by atoms with E-state index < -0.39 is 5.97 Å². The summed E-state index contributed by atoms with van der Waals surface area (Å²) in [6, 6.07) is 18.0. The van der Waals surface area contributed by atoms with Gasteiger partial charge in [-0.05, 0) is 66.9 Å². The highest BCUT2D eigenvalue weighted by Crippen LogP contribution is 2.38.